The number of aromatic nitrogens is 2. The molecule has 0 saturated carbocycles. The van der Waals surface area contributed by atoms with Crippen LogP contribution < -0.4 is 0 Å². The van der Waals surface area contributed by atoms with Crippen molar-refractivity contribution in [1.82, 2.24) is 9.97 Å². The SMILES string of the molecule is CC(c1ccccc1)c1ccnc(-c2[c-]cccc2)c1.[Ir].[c-]1ccc(-c2ccccc2)cc1-c1ccccn1. The summed E-state index contributed by atoms with van der Waals surface area (Å²) in [5.74, 6) is 0.363. The van der Waals surface area contributed by atoms with Crippen LogP contribution in [-0.4, -0.2) is 9.97 Å². The van der Waals surface area contributed by atoms with Gasteiger partial charge < -0.3 is 9.97 Å². The van der Waals surface area contributed by atoms with Crippen LogP contribution in [0.4, 0.5) is 0 Å². The van der Waals surface area contributed by atoms with E-state index in [0.29, 0.717) is 5.92 Å². The number of pyridine rings is 2. The van der Waals surface area contributed by atoms with Gasteiger partial charge in [0.25, 0.3) is 0 Å². The van der Waals surface area contributed by atoms with E-state index >= 15 is 0 Å². The van der Waals surface area contributed by atoms with Crippen LogP contribution in [0.5, 0.6) is 0 Å². The minimum Gasteiger partial charge on any atom is -0.305 e. The van der Waals surface area contributed by atoms with Crippen molar-refractivity contribution in [3.8, 4) is 33.6 Å². The van der Waals surface area contributed by atoms with Crippen molar-refractivity contribution in [3.63, 3.8) is 0 Å². The average Bonchev–Trinajstić information content (AvgIpc) is 3.03. The van der Waals surface area contributed by atoms with Crippen molar-refractivity contribution < 1.29 is 20.1 Å². The van der Waals surface area contributed by atoms with E-state index in [1.165, 1.54) is 22.3 Å². The quantitative estimate of drug-likeness (QED) is 0.170. The molecule has 6 rings (SSSR count). The maximum absolute atomic E-state index is 4.45. The zero-order valence-corrected chi connectivity index (χ0v) is 24.1. The molecule has 0 fully saturated rings. The van der Waals surface area contributed by atoms with Gasteiger partial charge in [-0.1, -0.05) is 85.8 Å². The second-order valence-corrected chi connectivity index (χ2v) is 8.96. The molecular weight excluding hydrogens is 653 g/mol. The Bertz CT molecular complexity index is 1500. The zero-order valence-electron chi connectivity index (χ0n) is 21.7. The van der Waals surface area contributed by atoms with E-state index in [1.54, 1.807) is 6.20 Å². The molecule has 3 heteroatoms. The summed E-state index contributed by atoms with van der Waals surface area (Å²) in [6.07, 6.45) is 3.68. The maximum atomic E-state index is 4.45. The van der Waals surface area contributed by atoms with Crippen LogP contribution in [0, 0.1) is 12.1 Å². The van der Waals surface area contributed by atoms with E-state index in [-0.39, 0.29) is 20.1 Å². The minimum atomic E-state index is 0. The van der Waals surface area contributed by atoms with Gasteiger partial charge in [0.2, 0.25) is 0 Å². The van der Waals surface area contributed by atoms with Crippen LogP contribution in [0.15, 0.2) is 146 Å². The third-order valence-corrected chi connectivity index (χ3v) is 6.42. The van der Waals surface area contributed by atoms with Gasteiger partial charge in [-0.3, -0.25) is 0 Å². The van der Waals surface area contributed by atoms with Crippen LogP contribution in [0.1, 0.15) is 24.0 Å². The molecule has 0 bridgehead atoms. The van der Waals surface area contributed by atoms with E-state index in [9.17, 15) is 0 Å². The smallest absolute Gasteiger partial charge is 0.0163 e. The summed E-state index contributed by atoms with van der Waals surface area (Å²) < 4.78 is 0. The number of hydrogen-bond acceptors (Lipinski definition) is 2. The van der Waals surface area contributed by atoms with E-state index < -0.39 is 0 Å². The van der Waals surface area contributed by atoms with Gasteiger partial charge >= 0.3 is 0 Å². The molecule has 0 aliphatic carbocycles. The number of hydrogen-bond donors (Lipinski definition) is 0. The molecule has 0 amide bonds. The van der Waals surface area contributed by atoms with Crippen molar-refractivity contribution in [2.75, 3.05) is 0 Å². The number of benzene rings is 4. The Labute approximate surface area is 244 Å². The summed E-state index contributed by atoms with van der Waals surface area (Å²) in [5.41, 5.74) is 8.99. The standard InChI is InChI=1S/C19H16N.C17H12N.Ir/c1-15(16-8-4-2-5-9-16)18-12-13-20-19(14-18)17-10-6-3-7-11-17;1-2-7-14(8-3-1)15-9-6-10-16(13-15)17-11-4-5-12-18-17;/h2-10,12-15H,1H3;1-9,11-13H;/q2*-1;. The van der Waals surface area contributed by atoms with E-state index in [0.717, 1.165) is 22.5 Å². The first-order valence-corrected chi connectivity index (χ1v) is 12.7. The molecule has 0 aliphatic heterocycles. The van der Waals surface area contributed by atoms with Gasteiger partial charge in [-0.25, -0.2) is 0 Å². The molecule has 2 heterocycles. The normalized spacial score (nSPS) is 10.9. The predicted molar refractivity (Wildman–Crippen MR) is 156 cm³/mol. The van der Waals surface area contributed by atoms with Crippen molar-refractivity contribution >= 4 is 0 Å². The molecule has 2 nitrogen and oxygen atoms in total. The molecule has 39 heavy (non-hydrogen) atoms. The van der Waals surface area contributed by atoms with Crippen molar-refractivity contribution in [3.05, 3.63) is 169 Å². The maximum Gasteiger partial charge on any atom is 0.0163 e. The molecule has 0 saturated heterocycles. The van der Waals surface area contributed by atoms with E-state index in [4.69, 9.17) is 0 Å². The molecule has 193 valence electrons. The van der Waals surface area contributed by atoms with Crippen LogP contribution in [0.3, 0.4) is 0 Å². The minimum absolute atomic E-state index is 0. The van der Waals surface area contributed by atoms with Gasteiger partial charge in [0, 0.05) is 38.4 Å². The first kappa shape index (κ1) is 27.9. The Kier molecular flexibility index (Phi) is 10.1. The predicted octanol–water partition coefficient (Wildman–Crippen LogP) is 8.91. The van der Waals surface area contributed by atoms with Crippen LogP contribution >= 0.6 is 0 Å². The van der Waals surface area contributed by atoms with Gasteiger partial charge in [-0.15, -0.1) is 71.3 Å². The molecule has 1 atom stereocenters. The monoisotopic (exact) mass is 681 g/mol. The second kappa shape index (κ2) is 14.1. The first-order valence-electron chi connectivity index (χ1n) is 12.7. The Balaban J connectivity index is 0.000000177. The molecule has 6 aromatic rings. The van der Waals surface area contributed by atoms with Gasteiger partial charge in [-0.2, -0.15) is 0 Å². The van der Waals surface area contributed by atoms with Crippen LogP contribution in [-0.2, 0) is 20.1 Å². The second-order valence-electron chi connectivity index (χ2n) is 8.96. The summed E-state index contributed by atoms with van der Waals surface area (Å²) in [5, 5.41) is 0. The Morgan fingerprint density at radius 3 is 1.92 bits per heavy atom. The third kappa shape index (κ3) is 7.45. The van der Waals surface area contributed by atoms with Crippen molar-refractivity contribution in [2.24, 2.45) is 0 Å². The summed E-state index contributed by atoms with van der Waals surface area (Å²) in [7, 11) is 0. The molecule has 1 radical (unpaired) electrons. The Morgan fingerprint density at radius 1 is 0.513 bits per heavy atom. The Hall–Kier alpha value is -4.17. The van der Waals surface area contributed by atoms with Gasteiger partial charge in [0.05, 0.1) is 0 Å². The summed E-state index contributed by atoms with van der Waals surface area (Å²) in [4.78, 5) is 8.81. The largest absolute Gasteiger partial charge is 0.305 e. The van der Waals surface area contributed by atoms with E-state index in [2.05, 4.69) is 89.7 Å². The van der Waals surface area contributed by atoms with E-state index in [1.807, 2.05) is 79.0 Å². The van der Waals surface area contributed by atoms with Crippen molar-refractivity contribution in [1.29, 1.82) is 0 Å². The first-order chi connectivity index (χ1) is 18.8. The molecule has 4 aromatic carbocycles. The topological polar surface area (TPSA) is 25.8 Å². The molecule has 1 unspecified atom stereocenters. The average molecular weight is 681 g/mol. The summed E-state index contributed by atoms with van der Waals surface area (Å²) in [6, 6.07) is 51.6. The molecule has 2 aromatic heterocycles. The molecular formula is C36H28IrN2-2. The van der Waals surface area contributed by atoms with Gasteiger partial charge in [0.1, 0.15) is 0 Å². The molecule has 0 spiro atoms. The van der Waals surface area contributed by atoms with Crippen LogP contribution in [0.2, 0.25) is 0 Å². The zero-order chi connectivity index (χ0) is 26.0. The fraction of sp³-hybridized carbons (Fsp3) is 0.0556. The number of nitrogens with zero attached hydrogens (tertiary/aromatic N) is 2. The molecule has 0 aliphatic rings. The summed E-state index contributed by atoms with van der Waals surface area (Å²) in [6.45, 7) is 2.23. The third-order valence-electron chi connectivity index (χ3n) is 6.42. The van der Waals surface area contributed by atoms with Crippen LogP contribution in [0.25, 0.3) is 33.6 Å². The summed E-state index contributed by atoms with van der Waals surface area (Å²) >= 11 is 0. The van der Waals surface area contributed by atoms with Gasteiger partial charge in [-0.05, 0) is 40.2 Å². The fourth-order valence-corrected chi connectivity index (χ4v) is 4.30. The van der Waals surface area contributed by atoms with Crippen molar-refractivity contribution in [2.45, 2.75) is 12.8 Å². The Morgan fingerprint density at radius 2 is 1.21 bits per heavy atom. The van der Waals surface area contributed by atoms with Gasteiger partial charge in [0.15, 0.2) is 0 Å². The molecule has 0 N–H and O–H groups in total. The fourth-order valence-electron chi connectivity index (χ4n) is 4.30. The number of rotatable bonds is 5.